The van der Waals surface area contributed by atoms with Crippen molar-refractivity contribution >= 4 is 11.6 Å². The second kappa shape index (κ2) is 12.6. The van der Waals surface area contributed by atoms with Crippen molar-refractivity contribution in [3.63, 3.8) is 0 Å². The number of carbonyl (C=O) groups is 2. The molecule has 0 saturated heterocycles. The van der Waals surface area contributed by atoms with Crippen LogP contribution in [0, 0.1) is 0 Å². The summed E-state index contributed by atoms with van der Waals surface area (Å²) in [6.45, 7) is 4.74. The normalized spacial score (nSPS) is 6.91. The first-order valence-corrected chi connectivity index (χ1v) is 3.14. The number of aliphatic hydroxyl groups is 1. The number of rotatable bonds is 2. The molecule has 0 amide bonds. The molecule has 0 spiro atoms. The van der Waals surface area contributed by atoms with E-state index in [0.717, 1.165) is 0 Å². The van der Waals surface area contributed by atoms with Crippen molar-refractivity contribution in [2.45, 2.75) is 27.2 Å². The molecule has 0 radical (unpaired) electrons. The van der Waals surface area contributed by atoms with E-state index in [1.54, 1.807) is 6.92 Å². The average molecular weight is 341 g/mol. The largest absolute Gasteiger partial charge is 0.397 e. The third-order valence-corrected chi connectivity index (χ3v) is 0.498. The van der Waals surface area contributed by atoms with Crippen LogP contribution < -0.4 is 0 Å². The quantitative estimate of drug-likeness (QED) is 0.747. The molecule has 1 N–H and O–H groups in total. The summed E-state index contributed by atoms with van der Waals surface area (Å²) in [5.74, 6) is -0.125. The SMILES string of the molecule is CC(=O)CC(C)=O.CCO.[Pt]. The van der Waals surface area contributed by atoms with Gasteiger partial charge in [-0.2, -0.15) is 0 Å². The predicted molar refractivity (Wildman–Crippen MR) is 38.7 cm³/mol. The first-order chi connectivity index (χ1) is 4.54. The number of Topliss-reactive ketones (excluding diaryl/α,β-unsaturated/α-hetero) is 2. The molecule has 0 aliphatic carbocycles. The summed E-state index contributed by atoms with van der Waals surface area (Å²) >= 11 is 0. The van der Waals surface area contributed by atoms with Crippen LogP contribution in [0.25, 0.3) is 0 Å². The van der Waals surface area contributed by atoms with Crippen LogP contribution in [0.1, 0.15) is 27.2 Å². The number of aliphatic hydroxyl groups excluding tert-OH is 1. The Balaban J connectivity index is -0.000000140. The summed E-state index contributed by atoms with van der Waals surface area (Å²) in [7, 11) is 0. The summed E-state index contributed by atoms with van der Waals surface area (Å²) < 4.78 is 0. The molecular weight excluding hydrogens is 327 g/mol. The van der Waals surface area contributed by atoms with Crippen LogP contribution in [-0.4, -0.2) is 23.3 Å². The maximum Gasteiger partial charge on any atom is 0.137 e. The van der Waals surface area contributed by atoms with Gasteiger partial charge in [0.05, 0.1) is 6.42 Å². The first-order valence-electron chi connectivity index (χ1n) is 3.14. The summed E-state index contributed by atoms with van der Waals surface area (Å²) in [6, 6.07) is 0. The molecule has 0 unspecified atom stereocenters. The van der Waals surface area contributed by atoms with Crippen LogP contribution in [0.4, 0.5) is 0 Å². The maximum absolute atomic E-state index is 10.0. The summed E-state index contributed by atoms with van der Waals surface area (Å²) in [6.07, 6.45) is 0.0833. The summed E-state index contributed by atoms with van der Waals surface area (Å²) in [4.78, 5) is 20.1. The fourth-order valence-electron chi connectivity index (χ4n) is 0.351. The van der Waals surface area contributed by atoms with E-state index in [1.165, 1.54) is 13.8 Å². The molecule has 0 atom stereocenters. The van der Waals surface area contributed by atoms with Crippen molar-refractivity contribution in [2.75, 3.05) is 6.61 Å². The van der Waals surface area contributed by atoms with E-state index in [9.17, 15) is 9.59 Å². The van der Waals surface area contributed by atoms with Gasteiger partial charge in [-0.05, 0) is 20.8 Å². The van der Waals surface area contributed by atoms with Crippen molar-refractivity contribution in [1.29, 1.82) is 0 Å². The van der Waals surface area contributed by atoms with Crippen LogP contribution in [0.5, 0.6) is 0 Å². The molecule has 0 bridgehead atoms. The monoisotopic (exact) mass is 341 g/mol. The minimum absolute atomic E-state index is 0. The van der Waals surface area contributed by atoms with Gasteiger partial charge in [0.1, 0.15) is 11.6 Å². The van der Waals surface area contributed by atoms with E-state index in [1.807, 2.05) is 0 Å². The fourth-order valence-corrected chi connectivity index (χ4v) is 0.351. The van der Waals surface area contributed by atoms with E-state index in [0.29, 0.717) is 0 Å². The van der Waals surface area contributed by atoms with Crippen molar-refractivity contribution in [3.05, 3.63) is 0 Å². The molecule has 0 fully saturated rings. The molecule has 0 aliphatic heterocycles. The molecule has 0 aliphatic rings. The van der Waals surface area contributed by atoms with Crippen molar-refractivity contribution in [1.82, 2.24) is 0 Å². The fraction of sp³-hybridized carbons (Fsp3) is 0.714. The van der Waals surface area contributed by atoms with E-state index >= 15 is 0 Å². The molecule has 70 valence electrons. The zero-order valence-electron chi connectivity index (χ0n) is 6.99. The Labute approximate surface area is 81.4 Å². The van der Waals surface area contributed by atoms with Gasteiger partial charge in [0.15, 0.2) is 0 Å². The smallest absolute Gasteiger partial charge is 0.137 e. The van der Waals surface area contributed by atoms with Gasteiger partial charge in [-0.3, -0.25) is 9.59 Å². The van der Waals surface area contributed by atoms with Gasteiger partial charge in [-0.1, -0.05) is 0 Å². The van der Waals surface area contributed by atoms with Gasteiger partial charge in [0, 0.05) is 27.7 Å². The minimum Gasteiger partial charge on any atom is -0.397 e. The van der Waals surface area contributed by atoms with Crippen molar-refractivity contribution in [3.8, 4) is 0 Å². The molecule has 4 heteroatoms. The predicted octanol–water partition coefficient (Wildman–Crippen LogP) is 0.551. The van der Waals surface area contributed by atoms with Gasteiger partial charge < -0.3 is 5.11 Å². The third-order valence-electron chi connectivity index (χ3n) is 0.498. The molecule has 0 heterocycles. The van der Waals surface area contributed by atoms with Crippen LogP contribution in [-0.2, 0) is 30.7 Å². The van der Waals surface area contributed by atoms with Gasteiger partial charge in [0.2, 0.25) is 0 Å². The molecule has 11 heavy (non-hydrogen) atoms. The molecule has 0 aromatic carbocycles. The summed E-state index contributed by atoms with van der Waals surface area (Å²) in [5, 5.41) is 7.57. The summed E-state index contributed by atoms with van der Waals surface area (Å²) in [5.41, 5.74) is 0. The van der Waals surface area contributed by atoms with Crippen molar-refractivity contribution < 1.29 is 35.8 Å². The zero-order chi connectivity index (χ0) is 8.57. The van der Waals surface area contributed by atoms with Gasteiger partial charge in [-0.25, -0.2) is 0 Å². The Hall–Kier alpha value is -0.0117. The standard InChI is InChI=1S/C5H8O2.C2H6O.Pt/c1-4(6)3-5(2)7;1-2-3;/h3H2,1-2H3;3H,2H2,1H3;. The van der Waals surface area contributed by atoms with E-state index in [-0.39, 0.29) is 45.7 Å². The van der Waals surface area contributed by atoms with Crippen LogP contribution >= 0.6 is 0 Å². The number of hydrogen-bond acceptors (Lipinski definition) is 3. The first kappa shape index (κ1) is 17.2. The van der Waals surface area contributed by atoms with Crippen LogP contribution in [0.2, 0.25) is 0 Å². The maximum atomic E-state index is 10.0. The van der Waals surface area contributed by atoms with E-state index < -0.39 is 0 Å². The van der Waals surface area contributed by atoms with Gasteiger partial charge in [0.25, 0.3) is 0 Å². The minimum atomic E-state index is -0.0625. The Bertz CT molecular complexity index is 100. The van der Waals surface area contributed by atoms with E-state index in [4.69, 9.17) is 5.11 Å². The van der Waals surface area contributed by atoms with E-state index in [2.05, 4.69) is 0 Å². The Kier molecular flexibility index (Phi) is 19.7. The van der Waals surface area contributed by atoms with Crippen molar-refractivity contribution in [2.24, 2.45) is 0 Å². The molecular formula is C7H14O3Pt. The Morgan fingerprint density at radius 3 is 1.36 bits per heavy atom. The Morgan fingerprint density at radius 1 is 1.18 bits per heavy atom. The molecule has 0 rings (SSSR count). The molecule has 0 aromatic heterocycles. The van der Waals surface area contributed by atoms with Gasteiger partial charge in [-0.15, -0.1) is 0 Å². The van der Waals surface area contributed by atoms with Gasteiger partial charge >= 0.3 is 0 Å². The third kappa shape index (κ3) is 40.1. The number of carbonyl (C=O) groups excluding carboxylic acids is 2. The second-order valence-electron chi connectivity index (χ2n) is 1.90. The zero-order valence-corrected chi connectivity index (χ0v) is 9.27. The second-order valence-corrected chi connectivity index (χ2v) is 1.90. The average Bonchev–Trinajstić information content (AvgIpc) is 1.62. The topological polar surface area (TPSA) is 54.4 Å². The molecule has 0 saturated carbocycles. The van der Waals surface area contributed by atoms with Crippen LogP contribution in [0.15, 0.2) is 0 Å². The Morgan fingerprint density at radius 2 is 1.36 bits per heavy atom. The number of ketones is 2. The molecule has 3 nitrogen and oxygen atoms in total. The molecule has 0 aromatic rings. The van der Waals surface area contributed by atoms with Crippen LogP contribution in [0.3, 0.4) is 0 Å². The number of hydrogen-bond donors (Lipinski definition) is 1.